The second-order valence-corrected chi connectivity index (χ2v) is 5.75. The molecule has 0 fully saturated rings. The number of aromatic nitrogens is 2. The van der Waals surface area contributed by atoms with Crippen molar-refractivity contribution in [3.8, 4) is 17.1 Å². The summed E-state index contributed by atoms with van der Waals surface area (Å²) < 4.78 is 10.8. The fourth-order valence-electron chi connectivity index (χ4n) is 2.27. The Balaban J connectivity index is 1.62. The largest absolute Gasteiger partial charge is 0.491 e. The van der Waals surface area contributed by atoms with E-state index in [1.54, 1.807) is 18.2 Å². The van der Waals surface area contributed by atoms with Gasteiger partial charge in [-0.3, -0.25) is 4.79 Å². The average Bonchev–Trinajstić information content (AvgIpc) is 3.09. The minimum atomic E-state index is -0.228. The molecule has 6 heteroatoms. The predicted octanol–water partition coefficient (Wildman–Crippen LogP) is 3.45. The summed E-state index contributed by atoms with van der Waals surface area (Å²) in [5.74, 6) is 1.28. The van der Waals surface area contributed by atoms with Gasteiger partial charge in [0.05, 0.1) is 12.6 Å². The summed E-state index contributed by atoms with van der Waals surface area (Å²) in [6.45, 7) is 4.03. The molecule has 0 aliphatic carbocycles. The number of hydrogen-bond acceptors (Lipinski definition) is 5. The van der Waals surface area contributed by atoms with Gasteiger partial charge in [-0.05, 0) is 32.0 Å². The van der Waals surface area contributed by atoms with Crippen LogP contribution in [0.1, 0.15) is 30.1 Å². The van der Waals surface area contributed by atoms with Crippen LogP contribution in [0.5, 0.6) is 5.75 Å². The minimum Gasteiger partial charge on any atom is -0.491 e. The van der Waals surface area contributed by atoms with E-state index in [0.717, 1.165) is 5.56 Å². The molecule has 3 aromatic rings. The van der Waals surface area contributed by atoms with Gasteiger partial charge in [-0.25, -0.2) is 0 Å². The molecule has 3 rings (SSSR count). The van der Waals surface area contributed by atoms with Crippen molar-refractivity contribution in [1.82, 2.24) is 15.5 Å². The molecule has 0 spiro atoms. The molecule has 0 saturated carbocycles. The van der Waals surface area contributed by atoms with Crippen molar-refractivity contribution in [2.45, 2.75) is 26.5 Å². The van der Waals surface area contributed by atoms with Crippen molar-refractivity contribution in [1.29, 1.82) is 0 Å². The lowest BCUT2D eigenvalue weighted by molar-refractivity contribution is 0.0945. The normalized spacial score (nSPS) is 10.7. The number of nitrogens with one attached hydrogen (secondary N) is 1. The molecule has 0 radical (unpaired) electrons. The highest BCUT2D eigenvalue weighted by Crippen LogP contribution is 2.16. The first-order chi connectivity index (χ1) is 12.1. The van der Waals surface area contributed by atoms with Gasteiger partial charge >= 0.3 is 0 Å². The van der Waals surface area contributed by atoms with E-state index in [0.29, 0.717) is 23.0 Å². The highest BCUT2D eigenvalue weighted by atomic mass is 16.5. The van der Waals surface area contributed by atoms with Crippen LogP contribution >= 0.6 is 0 Å². The monoisotopic (exact) mass is 337 g/mol. The Hall–Kier alpha value is -3.15. The molecule has 25 heavy (non-hydrogen) atoms. The third kappa shape index (κ3) is 4.44. The summed E-state index contributed by atoms with van der Waals surface area (Å²) in [6.07, 6.45) is 0.0492. The summed E-state index contributed by atoms with van der Waals surface area (Å²) >= 11 is 0. The van der Waals surface area contributed by atoms with Gasteiger partial charge in [-0.1, -0.05) is 41.6 Å². The van der Waals surface area contributed by atoms with Crippen molar-refractivity contribution in [3.05, 3.63) is 66.1 Å². The summed E-state index contributed by atoms with van der Waals surface area (Å²) in [5, 5.41) is 6.70. The molecule has 0 unspecified atom stereocenters. The van der Waals surface area contributed by atoms with E-state index in [1.807, 2.05) is 50.2 Å². The van der Waals surface area contributed by atoms with E-state index in [-0.39, 0.29) is 18.6 Å². The molecule has 0 aliphatic heterocycles. The second-order valence-electron chi connectivity index (χ2n) is 5.75. The number of rotatable bonds is 6. The third-order valence-electron chi connectivity index (χ3n) is 3.37. The zero-order chi connectivity index (χ0) is 17.6. The van der Waals surface area contributed by atoms with Crippen LogP contribution in [-0.2, 0) is 6.54 Å². The Labute approximate surface area is 145 Å². The Morgan fingerprint density at radius 1 is 1.16 bits per heavy atom. The zero-order valence-electron chi connectivity index (χ0n) is 14.1. The van der Waals surface area contributed by atoms with Crippen LogP contribution in [0.15, 0.2) is 59.1 Å². The Kier molecular flexibility index (Phi) is 5.09. The number of hydrogen-bond donors (Lipinski definition) is 1. The molecular formula is C19H19N3O3. The lowest BCUT2D eigenvalue weighted by Gasteiger charge is -2.10. The Morgan fingerprint density at radius 2 is 1.96 bits per heavy atom. The molecule has 0 saturated heterocycles. The highest BCUT2D eigenvalue weighted by molar-refractivity contribution is 5.94. The van der Waals surface area contributed by atoms with Crippen LogP contribution in [0.4, 0.5) is 0 Å². The number of nitrogens with zero attached hydrogens (tertiary/aromatic N) is 2. The van der Waals surface area contributed by atoms with Crippen molar-refractivity contribution < 1.29 is 14.1 Å². The Bertz CT molecular complexity index is 844. The average molecular weight is 337 g/mol. The van der Waals surface area contributed by atoms with Crippen LogP contribution in [0.25, 0.3) is 11.4 Å². The van der Waals surface area contributed by atoms with E-state index in [4.69, 9.17) is 9.26 Å². The zero-order valence-corrected chi connectivity index (χ0v) is 14.1. The second kappa shape index (κ2) is 7.61. The van der Waals surface area contributed by atoms with Gasteiger partial charge < -0.3 is 14.6 Å². The lowest BCUT2D eigenvalue weighted by atomic mass is 10.2. The predicted molar refractivity (Wildman–Crippen MR) is 93.1 cm³/mol. The first kappa shape index (κ1) is 16.7. The number of carbonyl (C=O) groups excluding carboxylic acids is 1. The molecule has 0 aliphatic rings. The molecule has 0 atom stereocenters. The van der Waals surface area contributed by atoms with E-state index < -0.39 is 0 Å². The molecule has 1 heterocycles. The molecule has 6 nitrogen and oxygen atoms in total. The third-order valence-corrected chi connectivity index (χ3v) is 3.37. The quantitative estimate of drug-likeness (QED) is 0.745. The van der Waals surface area contributed by atoms with E-state index >= 15 is 0 Å². The van der Waals surface area contributed by atoms with Crippen molar-refractivity contribution in [2.75, 3.05) is 0 Å². The van der Waals surface area contributed by atoms with Crippen LogP contribution in [-0.4, -0.2) is 22.2 Å². The first-order valence-corrected chi connectivity index (χ1v) is 8.05. The lowest BCUT2D eigenvalue weighted by Crippen LogP contribution is -2.23. The van der Waals surface area contributed by atoms with Crippen molar-refractivity contribution in [3.63, 3.8) is 0 Å². The maximum absolute atomic E-state index is 12.3. The van der Waals surface area contributed by atoms with Crippen LogP contribution in [0.3, 0.4) is 0 Å². The standard InChI is InChI=1S/C19H19N3O3/c1-13(2)24-16-10-6-9-15(11-16)19(23)20-12-17-21-18(22-25-17)14-7-4-3-5-8-14/h3-11,13H,12H2,1-2H3,(H,20,23). The van der Waals surface area contributed by atoms with Gasteiger partial charge in [0.1, 0.15) is 5.75 Å². The van der Waals surface area contributed by atoms with E-state index in [9.17, 15) is 4.79 Å². The molecule has 1 amide bonds. The molecule has 2 aromatic carbocycles. The first-order valence-electron chi connectivity index (χ1n) is 8.05. The van der Waals surface area contributed by atoms with Gasteiger partial charge in [0, 0.05) is 11.1 Å². The van der Waals surface area contributed by atoms with E-state index in [1.165, 1.54) is 0 Å². The van der Waals surface area contributed by atoms with Gasteiger partial charge in [0.25, 0.3) is 5.91 Å². The number of amides is 1. The number of carbonyl (C=O) groups is 1. The Morgan fingerprint density at radius 3 is 2.72 bits per heavy atom. The van der Waals surface area contributed by atoms with Crippen molar-refractivity contribution in [2.24, 2.45) is 0 Å². The van der Waals surface area contributed by atoms with Crippen molar-refractivity contribution >= 4 is 5.91 Å². The molecular weight excluding hydrogens is 318 g/mol. The molecule has 128 valence electrons. The molecule has 1 aromatic heterocycles. The molecule has 0 bridgehead atoms. The van der Waals surface area contributed by atoms with Gasteiger partial charge in [0.15, 0.2) is 0 Å². The summed E-state index contributed by atoms with van der Waals surface area (Å²) in [6, 6.07) is 16.6. The maximum atomic E-state index is 12.3. The fourth-order valence-corrected chi connectivity index (χ4v) is 2.27. The summed E-state index contributed by atoms with van der Waals surface area (Å²) in [5.41, 5.74) is 1.38. The van der Waals surface area contributed by atoms with Crippen LogP contribution < -0.4 is 10.1 Å². The van der Waals surface area contributed by atoms with Gasteiger partial charge in [-0.2, -0.15) is 4.98 Å². The number of ether oxygens (including phenoxy) is 1. The molecule has 1 N–H and O–H groups in total. The smallest absolute Gasteiger partial charge is 0.251 e. The van der Waals surface area contributed by atoms with Gasteiger partial charge in [0.2, 0.25) is 11.7 Å². The van der Waals surface area contributed by atoms with Crippen LogP contribution in [0, 0.1) is 0 Å². The highest BCUT2D eigenvalue weighted by Gasteiger charge is 2.11. The fraction of sp³-hybridized carbons (Fsp3) is 0.211. The number of benzene rings is 2. The topological polar surface area (TPSA) is 77.2 Å². The maximum Gasteiger partial charge on any atom is 0.251 e. The SMILES string of the molecule is CC(C)Oc1cccc(C(=O)NCc2nc(-c3ccccc3)no2)c1. The van der Waals surface area contributed by atoms with Gasteiger partial charge in [-0.15, -0.1) is 0 Å². The minimum absolute atomic E-state index is 0.0492. The van der Waals surface area contributed by atoms with Crippen LogP contribution in [0.2, 0.25) is 0 Å². The summed E-state index contributed by atoms with van der Waals surface area (Å²) in [7, 11) is 0. The van der Waals surface area contributed by atoms with E-state index in [2.05, 4.69) is 15.5 Å². The summed E-state index contributed by atoms with van der Waals surface area (Å²) in [4.78, 5) is 16.6.